The highest BCUT2D eigenvalue weighted by Crippen LogP contribution is 2.50. The summed E-state index contributed by atoms with van der Waals surface area (Å²) in [7, 11) is 0. The zero-order chi connectivity index (χ0) is 30.7. The molecule has 9 heteroatoms. The number of nitrogens with one attached hydrogen (secondary N) is 1. The minimum absolute atomic E-state index is 0.0225. The number of allylic oxidation sites excluding steroid dienone is 2. The van der Waals surface area contributed by atoms with E-state index in [-0.39, 0.29) is 17.6 Å². The molecule has 2 aromatic heterocycles. The average Bonchev–Trinajstić information content (AvgIpc) is 3.68. The second-order valence-electron chi connectivity index (χ2n) is 12.2. The van der Waals surface area contributed by atoms with Gasteiger partial charge in [0.05, 0.1) is 24.6 Å². The average molecular weight is 595 g/mol. The highest BCUT2D eigenvalue weighted by Gasteiger charge is 2.51. The van der Waals surface area contributed by atoms with Crippen molar-refractivity contribution in [2.45, 2.75) is 91.1 Å². The number of unbranched alkanes of at least 4 members (excludes halogenated alkanes) is 1. The number of benzene rings is 2. The van der Waals surface area contributed by atoms with Gasteiger partial charge in [0.25, 0.3) is 5.56 Å². The Morgan fingerprint density at radius 3 is 2.48 bits per heavy atom. The zero-order valence-corrected chi connectivity index (χ0v) is 26.0. The first-order chi connectivity index (χ1) is 21.5. The summed E-state index contributed by atoms with van der Waals surface area (Å²) in [6, 6.07) is 16.1. The van der Waals surface area contributed by atoms with Crippen molar-refractivity contribution < 1.29 is 9.53 Å². The van der Waals surface area contributed by atoms with Crippen molar-refractivity contribution in [1.29, 1.82) is 0 Å². The van der Waals surface area contributed by atoms with E-state index in [1.165, 1.54) is 0 Å². The lowest BCUT2D eigenvalue weighted by atomic mass is 9.66. The number of ether oxygens (including phenoxy) is 1. The molecule has 1 aliphatic heterocycles. The summed E-state index contributed by atoms with van der Waals surface area (Å²) in [6.07, 6.45) is 10.1. The van der Waals surface area contributed by atoms with Crippen molar-refractivity contribution >= 4 is 5.97 Å². The van der Waals surface area contributed by atoms with Gasteiger partial charge in [-0.05, 0) is 67.0 Å². The summed E-state index contributed by atoms with van der Waals surface area (Å²) in [5.41, 5.74) is 6.35. The number of hydrogen-bond acceptors (Lipinski definition) is 6. The minimum atomic E-state index is -0.720. The van der Waals surface area contributed by atoms with Crippen molar-refractivity contribution in [2.75, 3.05) is 6.61 Å². The molecule has 2 aliphatic rings. The Hall–Kier alpha value is -4.27. The van der Waals surface area contributed by atoms with Gasteiger partial charge in [0, 0.05) is 23.2 Å². The van der Waals surface area contributed by atoms with E-state index in [2.05, 4.69) is 75.6 Å². The van der Waals surface area contributed by atoms with Gasteiger partial charge < -0.3 is 4.74 Å². The summed E-state index contributed by atoms with van der Waals surface area (Å²) in [5.74, 6) is 0.391. The second kappa shape index (κ2) is 12.8. The van der Waals surface area contributed by atoms with E-state index < -0.39 is 5.41 Å². The first-order valence-corrected chi connectivity index (χ1v) is 16.1. The molecule has 0 saturated heterocycles. The number of H-pyrrole nitrogens is 1. The topological polar surface area (TPSA) is 108 Å². The van der Waals surface area contributed by atoms with Crippen LogP contribution in [0.15, 0.2) is 65.0 Å². The molecule has 0 amide bonds. The van der Waals surface area contributed by atoms with Crippen molar-refractivity contribution in [1.82, 2.24) is 30.0 Å². The van der Waals surface area contributed by atoms with Crippen LogP contribution in [0, 0.1) is 5.41 Å². The lowest BCUT2D eigenvalue weighted by Gasteiger charge is -2.44. The molecule has 44 heavy (non-hydrogen) atoms. The molecule has 1 aliphatic carbocycles. The maximum Gasteiger partial charge on any atom is 0.314 e. The molecular formula is C35H42N6O3. The van der Waals surface area contributed by atoms with Crippen LogP contribution in [0.3, 0.4) is 0 Å². The molecule has 6 rings (SSSR count). The SMILES string of the molecule is CCCCc1c(Cc2ccc(-c3ccccc3-c3nn[nH]n3)cc2)c(=O)n2n1CC=C(C)C2C1(C(=O)OCC)CCCCC1. The molecular weight excluding hydrogens is 552 g/mol. The number of tetrazole rings is 1. The number of hydrogen-bond donors (Lipinski definition) is 1. The number of aromatic amines is 1. The molecule has 3 heterocycles. The van der Waals surface area contributed by atoms with E-state index in [9.17, 15) is 9.59 Å². The predicted molar refractivity (Wildman–Crippen MR) is 170 cm³/mol. The highest BCUT2D eigenvalue weighted by molar-refractivity contribution is 5.80. The van der Waals surface area contributed by atoms with Crippen LogP contribution >= 0.6 is 0 Å². The summed E-state index contributed by atoms with van der Waals surface area (Å²) in [4.78, 5) is 28.2. The monoisotopic (exact) mass is 594 g/mol. The molecule has 9 nitrogen and oxygen atoms in total. The lowest BCUT2D eigenvalue weighted by molar-refractivity contribution is -0.161. The van der Waals surface area contributed by atoms with Gasteiger partial charge in [0.2, 0.25) is 5.82 Å². The Kier molecular flexibility index (Phi) is 8.64. The molecule has 0 spiro atoms. The summed E-state index contributed by atoms with van der Waals surface area (Å²) in [6.45, 7) is 7.11. The van der Waals surface area contributed by atoms with Gasteiger partial charge >= 0.3 is 5.97 Å². The van der Waals surface area contributed by atoms with E-state index in [0.717, 1.165) is 90.5 Å². The van der Waals surface area contributed by atoms with Crippen molar-refractivity contribution in [3.8, 4) is 22.5 Å². The molecule has 1 N–H and O–H groups in total. The van der Waals surface area contributed by atoms with Crippen LogP contribution in [0.1, 0.15) is 88.6 Å². The van der Waals surface area contributed by atoms with Gasteiger partial charge in [0.15, 0.2) is 0 Å². The van der Waals surface area contributed by atoms with Crippen molar-refractivity contribution in [2.24, 2.45) is 5.41 Å². The molecule has 2 aromatic carbocycles. The van der Waals surface area contributed by atoms with E-state index >= 15 is 0 Å². The largest absolute Gasteiger partial charge is 0.465 e. The smallest absolute Gasteiger partial charge is 0.314 e. The number of aromatic nitrogens is 6. The van der Waals surface area contributed by atoms with Crippen LogP contribution in [-0.4, -0.2) is 42.6 Å². The maximum absolute atomic E-state index is 14.5. The van der Waals surface area contributed by atoms with Crippen LogP contribution in [0.4, 0.5) is 0 Å². The summed E-state index contributed by atoms with van der Waals surface area (Å²) in [5, 5.41) is 14.6. The molecule has 230 valence electrons. The van der Waals surface area contributed by atoms with E-state index in [4.69, 9.17) is 4.74 Å². The van der Waals surface area contributed by atoms with E-state index in [0.29, 0.717) is 25.4 Å². The molecule has 1 saturated carbocycles. The molecule has 0 bridgehead atoms. The standard InChI is InChI=1S/C35H42N6O3/c1-4-6-14-30-29(23-25-15-17-26(18-16-25)27-12-8-9-13-28(27)32-36-38-39-37-32)33(42)41-31(24(3)19-22-40(30)41)35(34(43)44-5-2)20-10-7-11-21-35/h8-9,12-13,15-19,31H,4-7,10-11,14,20-23H2,1-3H3,(H,36,37,38,39). The van der Waals surface area contributed by atoms with Gasteiger partial charge in [0.1, 0.15) is 0 Å². The quantitative estimate of drug-likeness (QED) is 0.167. The van der Waals surface area contributed by atoms with Crippen molar-refractivity contribution in [3.05, 3.63) is 87.4 Å². The number of esters is 1. The zero-order valence-electron chi connectivity index (χ0n) is 26.0. The van der Waals surface area contributed by atoms with E-state index in [1.54, 1.807) is 0 Å². The fourth-order valence-electron chi connectivity index (χ4n) is 7.38. The van der Waals surface area contributed by atoms with E-state index in [1.807, 2.05) is 29.8 Å². The summed E-state index contributed by atoms with van der Waals surface area (Å²) >= 11 is 0. The molecule has 1 atom stereocenters. The number of carbonyl (C=O) groups is 1. The van der Waals surface area contributed by atoms with Crippen LogP contribution in [-0.2, 0) is 28.9 Å². The maximum atomic E-state index is 14.5. The van der Waals surface area contributed by atoms with Gasteiger partial charge in [-0.15, -0.1) is 10.2 Å². The van der Waals surface area contributed by atoms with Crippen LogP contribution < -0.4 is 5.56 Å². The Balaban J connectivity index is 1.39. The van der Waals surface area contributed by atoms with Crippen LogP contribution in [0.25, 0.3) is 22.5 Å². The third kappa shape index (κ3) is 5.33. The number of fused-ring (bicyclic) bond motifs is 1. The van der Waals surface area contributed by atoms with Crippen LogP contribution in [0.5, 0.6) is 0 Å². The molecule has 1 fully saturated rings. The number of rotatable bonds is 10. The normalized spacial score (nSPS) is 17.6. The second-order valence-corrected chi connectivity index (χ2v) is 12.2. The fraction of sp³-hybridized carbons (Fsp3) is 0.457. The molecule has 0 radical (unpaired) electrons. The lowest BCUT2D eigenvalue weighted by Crippen LogP contribution is -2.48. The Bertz CT molecular complexity index is 1690. The third-order valence-electron chi connectivity index (χ3n) is 9.53. The number of nitrogens with zero attached hydrogens (tertiary/aromatic N) is 5. The summed E-state index contributed by atoms with van der Waals surface area (Å²) < 4.78 is 9.83. The van der Waals surface area contributed by atoms with Gasteiger partial charge in [-0.1, -0.05) is 87.2 Å². The molecule has 1 unspecified atom stereocenters. The molecule has 4 aromatic rings. The van der Waals surface area contributed by atoms with Gasteiger partial charge in [-0.2, -0.15) is 5.21 Å². The van der Waals surface area contributed by atoms with Crippen LogP contribution in [0.2, 0.25) is 0 Å². The minimum Gasteiger partial charge on any atom is -0.465 e. The Morgan fingerprint density at radius 1 is 1.05 bits per heavy atom. The van der Waals surface area contributed by atoms with Crippen molar-refractivity contribution in [3.63, 3.8) is 0 Å². The fourth-order valence-corrected chi connectivity index (χ4v) is 7.38. The highest BCUT2D eigenvalue weighted by atomic mass is 16.5. The number of carbonyl (C=O) groups excluding carboxylic acids is 1. The predicted octanol–water partition coefficient (Wildman–Crippen LogP) is 6.44. The Morgan fingerprint density at radius 2 is 1.80 bits per heavy atom. The van der Waals surface area contributed by atoms with Gasteiger partial charge in [-0.25, -0.2) is 4.68 Å². The van der Waals surface area contributed by atoms with Gasteiger partial charge in [-0.3, -0.25) is 14.3 Å². The Labute approximate surface area is 258 Å². The first-order valence-electron chi connectivity index (χ1n) is 16.1. The third-order valence-corrected chi connectivity index (χ3v) is 9.53. The first kappa shape index (κ1) is 29.8.